The van der Waals surface area contributed by atoms with Gasteiger partial charge < -0.3 is 14.6 Å². The van der Waals surface area contributed by atoms with Crippen molar-refractivity contribution < 1.29 is 9.21 Å². The molecule has 0 aliphatic carbocycles. The number of likely N-dealkylation sites (tertiary alicyclic amines) is 1. The van der Waals surface area contributed by atoms with E-state index in [1.54, 1.807) is 6.20 Å². The molecule has 1 fully saturated rings. The molecular weight excluding hydrogens is 292 g/mol. The number of carbonyl (C=O) groups is 1. The second-order valence-corrected chi connectivity index (χ2v) is 5.88. The fraction of sp³-hybridized carbons (Fsp3) is 0.471. The summed E-state index contributed by atoms with van der Waals surface area (Å²) < 4.78 is 5.78. The molecule has 3 heterocycles. The summed E-state index contributed by atoms with van der Waals surface area (Å²) in [5.41, 5.74) is 0.751. The number of hydrogen-bond donors (Lipinski definition) is 1. The van der Waals surface area contributed by atoms with Crippen LogP contribution in [0.15, 0.2) is 34.9 Å². The first-order valence-corrected chi connectivity index (χ1v) is 8.11. The third-order valence-electron chi connectivity index (χ3n) is 4.15. The molecule has 2 aromatic heterocycles. The quantitative estimate of drug-likeness (QED) is 0.944. The van der Waals surface area contributed by atoms with Crippen molar-refractivity contribution in [1.29, 1.82) is 0 Å². The highest BCUT2D eigenvalue weighted by molar-refractivity contribution is 5.74. The van der Waals surface area contributed by atoms with Crippen molar-refractivity contribution in [1.82, 2.24) is 20.4 Å². The van der Waals surface area contributed by atoms with Crippen molar-refractivity contribution in [2.24, 2.45) is 0 Å². The predicted octanol–water partition coefficient (Wildman–Crippen LogP) is 3.20. The van der Waals surface area contributed by atoms with Gasteiger partial charge in [0.2, 0.25) is 0 Å². The Morgan fingerprint density at radius 1 is 1.35 bits per heavy atom. The number of rotatable bonds is 3. The summed E-state index contributed by atoms with van der Waals surface area (Å²) in [6.45, 7) is 3.06. The lowest BCUT2D eigenvalue weighted by molar-refractivity contribution is 0.165. The van der Waals surface area contributed by atoms with Crippen LogP contribution >= 0.6 is 0 Å². The van der Waals surface area contributed by atoms with Crippen molar-refractivity contribution >= 4 is 6.03 Å². The first kappa shape index (κ1) is 15.5. The van der Waals surface area contributed by atoms with Gasteiger partial charge in [-0.3, -0.25) is 0 Å². The molecule has 1 aliphatic heterocycles. The standard InChI is InChI=1S/C17H22N4O2/c1-13-8-9-16(23-13)15-7-3-2-4-11-21(15)17(22)18-12-14-6-5-10-19-20-14/h5-6,8-10,15H,2-4,7,11-12H2,1H3,(H,18,22)/t15-/m1/s1. The maximum Gasteiger partial charge on any atom is 0.318 e. The Kier molecular flexibility index (Phi) is 4.90. The average Bonchev–Trinajstić information content (AvgIpc) is 2.85. The molecular formula is C17H22N4O2. The minimum atomic E-state index is -0.0726. The monoisotopic (exact) mass is 314 g/mol. The molecule has 6 nitrogen and oxygen atoms in total. The molecule has 0 saturated carbocycles. The van der Waals surface area contributed by atoms with Gasteiger partial charge in [-0.05, 0) is 44.0 Å². The number of carbonyl (C=O) groups excluding carboxylic acids is 1. The molecule has 0 unspecified atom stereocenters. The van der Waals surface area contributed by atoms with Crippen molar-refractivity contribution in [2.45, 2.75) is 45.2 Å². The molecule has 1 aliphatic rings. The zero-order valence-corrected chi connectivity index (χ0v) is 13.4. The number of aromatic nitrogens is 2. The van der Waals surface area contributed by atoms with E-state index < -0.39 is 0 Å². The Labute approximate surface area is 135 Å². The van der Waals surface area contributed by atoms with Crippen LogP contribution in [0.1, 0.15) is 48.9 Å². The maximum atomic E-state index is 12.6. The molecule has 1 N–H and O–H groups in total. The molecule has 0 aromatic carbocycles. The van der Waals surface area contributed by atoms with Gasteiger partial charge >= 0.3 is 6.03 Å². The summed E-state index contributed by atoms with van der Waals surface area (Å²) in [7, 11) is 0. The smallest absolute Gasteiger partial charge is 0.318 e. The molecule has 1 saturated heterocycles. The minimum Gasteiger partial charge on any atom is -0.464 e. The van der Waals surface area contributed by atoms with E-state index in [1.807, 2.05) is 36.1 Å². The van der Waals surface area contributed by atoms with Crippen LogP contribution < -0.4 is 5.32 Å². The Morgan fingerprint density at radius 2 is 2.26 bits per heavy atom. The van der Waals surface area contributed by atoms with Gasteiger partial charge in [-0.2, -0.15) is 10.2 Å². The van der Waals surface area contributed by atoms with Crippen LogP contribution in [0.3, 0.4) is 0 Å². The molecule has 3 rings (SSSR count). The second-order valence-electron chi connectivity index (χ2n) is 5.88. The fourth-order valence-corrected chi connectivity index (χ4v) is 2.98. The molecule has 2 aromatic rings. The van der Waals surface area contributed by atoms with Gasteiger partial charge in [0.05, 0.1) is 18.3 Å². The third kappa shape index (κ3) is 3.88. The number of nitrogens with zero attached hydrogens (tertiary/aromatic N) is 3. The van der Waals surface area contributed by atoms with E-state index in [-0.39, 0.29) is 12.1 Å². The van der Waals surface area contributed by atoms with Gasteiger partial charge in [0.15, 0.2) is 0 Å². The molecule has 6 heteroatoms. The highest BCUT2D eigenvalue weighted by atomic mass is 16.3. The number of furan rings is 1. The Morgan fingerprint density at radius 3 is 3.00 bits per heavy atom. The van der Waals surface area contributed by atoms with E-state index in [0.29, 0.717) is 6.54 Å². The van der Waals surface area contributed by atoms with Crippen molar-refractivity contribution in [3.63, 3.8) is 0 Å². The molecule has 2 amide bonds. The first-order valence-electron chi connectivity index (χ1n) is 8.11. The van der Waals surface area contributed by atoms with Gasteiger partial charge in [0, 0.05) is 12.7 Å². The second kappa shape index (κ2) is 7.26. The lowest BCUT2D eigenvalue weighted by atomic mass is 10.1. The fourth-order valence-electron chi connectivity index (χ4n) is 2.98. The van der Waals surface area contributed by atoms with E-state index in [1.165, 1.54) is 0 Å². The van der Waals surface area contributed by atoms with E-state index in [0.717, 1.165) is 49.4 Å². The van der Waals surface area contributed by atoms with Crippen LogP contribution in [-0.2, 0) is 6.54 Å². The SMILES string of the molecule is Cc1ccc([C@H]2CCCCCN2C(=O)NCc2cccnn2)o1. The molecule has 0 radical (unpaired) electrons. The van der Waals surface area contributed by atoms with E-state index in [2.05, 4.69) is 15.5 Å². The van der Waals surface area contributed by atoms with Crippen molar-refractivity contribution in [3.8, 4) is 0 Å². The van der Waals surface area contributed by atoms with E-state index in [4.69, 9.17) is 4.42 Å². The third-order valence-corrected chi connectivity index (χ3v) is 4.15. The van der Waals surface area contributed by atoms with Crippen LogP contribution in [0.5, 0.6) is 0 Å². The summed E-state index contributed by atoms with van der Waals surface area (Å²) >= 11 is 0. The summed E-state index contributed by atoms with van der Waals surface area (Å²) in [6.07, 6.45) is 5.83. The summed E-state index contributed by atoms with van der Waals surface area (Å²) in [6, 6.07) is 7.53. The normalized spacial score (nSPS) is 18.5. The van der Waals surface area contributed by atoms with Gasteiger partial charge in [0.1, 0.15) is 11.5 Å². The zero-order chi connectivity index (χ0) is 16.1. The number of hydrogen-bond acceptors (Lipinski definition) is 4. The van der Waals surface area contributed by atoms with Crippen molar-refractivity contribution in [3.05, 3.63) is 47.7 Å². The van der Waals surface area contributed by atoms with Crippen LogP contribution in [0, 0.1) is 6.92 Å². The van der Waals surface area contributed by atoms with Crippen LogP contribution in [-0.4, -0.2) is 27.7 Å². The van der Waals surface area contributed by atoms with Crippen LogP contribution in [0.2, 0.25) is 0 Å². The predicted molar refractivity (Wildman–Crippen MR) is 85.6 cm³/mol. The summed E-state index contributed by atoms with van der Waals surface area (Å²) in [5.74, 6) is 1.75. The largest absolute Gasteiger partial charge is 0.464 e. The number of urea groups is 1. The number of nitrogens with one attached hydrogen (secondary N) is 1. The Bertz CT molecular complexity index is 641. The molecule has 122 valence electrons. The van der Waals surface area contributed by atoms with E-state index in [9.17, 15) is 4.79 Å². The minimum absolute atomic E-state index is 0.00746. The first-order chi connectivity index (χ1) is 11.2. The molecule has 23 heavy (non-hydrogen) atoms. The molecule has 0 spiro atoms. The highest BCUT2D eigenvalue weighted by Gasteiger charge is 2.28. The van der Waals surface area contributed by atoms with Gasteiger partial charge in [-0.25, -0.2) is 4.79 Å². The molecule has 1 atom stereocenters. The lowest BCUT2D eigenvalue weighted by Gasteiger charge is -2.28. The summed E-state index contributed by atoms with van der Waals surface area (Å²) in [4.78, 5) is 14.5. The number of amides is 2. The average molecular weight is 314 g/mol. The topological polar surface area (TPSA) is 71.3 Å². The zero-order valence-electron chi connectivity index (χ0n) is 13.4. The van der Waals surface area contributed by atoms with Gasteiger partial charge in [-0.1, -0.05) is 12.8 Å². The van der Waals surface area contributed by atoms with Crippen LogP contribution in [0.25, 0.3) is 0 Å². The van der Waals surface area contributed by atoms with Gasteiger partial charge in [0.25, 0.3) is 0 Å². The van der Waals surface area contributed by atoms with E-state index >= 15 is 0 Å². The van der Waals surface area contributed by atoms with Crippen LogP contribution in [0.4, 0.5) is 4.79 Å². The van der Waals surface area contributed by atoms with Gasteiger partial charge in [-0.15, -0.1) is 0 Å². The van der Waals surface area contributed by atoms with Crippen molar-refractivity contribution in [2.75, 3.05) is 6.54 Å². The molecule has 0 bridgehead atoms. The maximum absolute atomic E-state index is 12.6. The Balaban J connectivity index is 1.70. The Hall–Kier alpha value is -2.37. The lowest BCUT2D eigenvalue weighted by Crippen LogP contribution is -2.42. The highest BCUT2D eigenvalue weighted by Crippen LogP contribution is 2.31. The summed E-state index contributed by atoms with van der Waals surface area (Å²) in [5, 5.41) is 10.8. The number of aryl methyl sites for hydroxylation is 1.